The lowest BCUT2D eigenvalue weighted by Crippen LogP contribution is -2.41. The van der Waals surface area contributed by atoms with E-state index in [0.717, 1.165) is 68.7 Å². The molecule has 8 heteroatoms. The third kappa shape index (κ3) is 4.75. The Bertz CT molecular complexity index is 1230. The van der Waals surface area contributed by atoms with Crippen LogP contribution >= 0.6 is 43.5 Å². The topological polar surface area (TPSA) is 60.1 Å². The maximum atomic E-state index is 12.9. The van der Waals surface area contributed by atoms with Crippen LogP contribution < -0.4 is 4.73 Å². The molecule has 1 amide bonds. The molecule has 0 radical (unpaired) electrons. The van der Waals surface area contributed by atoms with Gasteiger partial charge in [-0.3, -0.25) is 9.78 Å². The van der Waals surface area contributed by atoms with Gasteiger partial charge in [0.25, 0.3) is 0 Å². The monoisotopic (exact) mass is 603 g/mol. The Morgan fingerprint density at radius 1 is 1.15 bits per heavy atom. The van der Waals surface area contributed by atoms with Crippen LogP contribution in [0.1, 0.15) is 46.7 Å². The number of aromatic nitrogens is 2. The van der Waals surface area contributed by atoms with Crippen LogP contribution in [0.15, 0.2) is 57.9 Å². The molecule has 0 bridgehead atoms. The van der Waals surface area contributed by atoms with Crippen LogP contribution in [-0.4, -0.2) is 28.9 Å². The van der Waals surface area contributed by atoms with Crippen molar-refractivity contribution < 1.29 is 9.52 Å². The lowest BCUT2D eigenvalue weighted by Gasteiger charge is -2.37. The molecule has 2 aliphatic rings. The number of aryl methyl sites for hydroxylation is 1. The molecule has 5 nitrogen and oxygen atoms in total. The van der Waals surface area contributed by atoms with Crippen molar-refractivity contribution in [3.8, 4) is 0 Å². The first kappa shape index (κ1) is 23.8. The van der Waals surface area contributed by atoms with Crippen molar-refractivity contribution in [2.75, 3.05) is 13.1 Å². The van der Waals surface area contributed by atoms with E-state index in [1.165, 1.54) is 29.1 Å². The first-order chi connectivity index (χ1) is 16.4. The van der Waals surface area contributed by atoms with Crippen molar-refractivity contribution in [1.82, 2.24) is 9.88 Å². The molecule has 5 rings (SSSR count). The zero-order valence-electron chi connectivity index (χ0n) is 18.5. The molecular formula is C26H24Br2ClN3O2. The number of rotatable bonds is 3. The summed E-state index contributed by atoms with van der Waals surface area (Å²) in [7, 11) is 0. The Kier molecular flexibility index (Phi) is 6.96. The summed E-state index contributed by atoms with van der Waals surface area (Å²) in [6.45, 7) is 1.45. The average Bonchev–Trinajstić information content (AvgIpc) is 3.00. The number of carbonyl (C=O) groups is 1. The summed E-state index contributed by atoms with van der Waals surface area (Å²) in [6, 6.07) is 9.76. The number of pyridine rings is 2. The van der Waals surface area contributed by atoms with Gasteiger partial charge in [0, 0.05) is 46.3 Å². The summed E-state index contributed by atoms with van der Waals surface area (Å²) < 4.78 is 2.72. The van der Waals surface area contributed by atoms with Crippen LogP contribution in [0.2, 0.25) is 5.02 Å². The van der Waals surface area contributed by atoms with Crippen molar-refractivity contribution in [3.63, 3.8) is 0 Å². The number of benzene rings is 1. The Balaban J connectivity index is 1.39. The van der Waals surface area contributed by atoms with Gasteiger partial charge in [0.05, 0.1) is 17.1 Å². The molecule has 1 aliphatic heterocycles. The number of hydrogen-bond acceptors (Lipinski definition) is 3. The molecule has 0 N–H and O–H groups in total. The van der Waals surface area contributed by atoms with E-state index in [0.29, 0.717) is 12.3 Å². The number of piperidine rings is 1. The van der Waals surface area contributed by atoms with Gasteiger partial charge in [-0.1, -0.05) is 17.7 Å². The first-order valence-corrected chi connectivity index (χ1v) is 13.4. The van der Waals surface area contributed by atoms with Gasteiger partial charge in [-0.05, 0) is 97.8 Å². The highest BCUT2D eigenvalue weighted by Crippen LogP contribution is 2.45. The lowest BCUT2D eigenvalue weighted by molar-refractivity contribution is -0.605. The van der Waals surface area contributed by atoms with Crippen LogP contribution in [0.4, 0.5) is 0 Å². The standard InChI is InChI=1S/C26H24Br2ClN3O2/c27-19-14-18-1-2-21-20(3-4-22(29)25(21)28)24(26(18)30-15-19)17-7-9-31(10-8-17)23(33)13-16-5-11-32(34)12-6-16/h3-6,11-12,14-15,17,24H,1-2,7-10,13H2. The molecule has 1 saturated heterocycles. The third-order valence-electron chi connectivity index (χ3n) is 7.06. The molecular weight excluding hydrogens is 582 g/mol. The van der Waals surface area contributed by atoms with E-state index >= 15 is 0 Å². The molecule has 1 aromatic carbocycles. The summed E-state index contributed by atoms with van der Waals surface area (Å²) in [5.74, 6) is 0.672. The Labute approximate surface area is 221 Å². The van der Waals surface area contributed by atoms with Crippen LogP contribution in [0.25, 0.3) is 0 Å². The normalized spacial score (nSPS) is 18.2. The number of hydrogen-bond donors (Lipinski definition) is 0. The van der Waals surface area contributed by atoms with Crippen LogP contribution in [0.5, 0.6) is 0 Å². The maximum absolute atomic E-state index is 12.9. The number of amides is 1. The van der Waals surface area contributed by atoms with Crippen molar-refractivity contribution in [2.24, 2.45) is 5.92 Å². The summed E-state index contributed by atoms with van der Waals surface area (Å²) in [5, 5.41) is 12.0. The quantitative estimate of drug-likeness (QED) is 0.288. The van der Waals surface area contributed by atoms with E-state index in [9.17, 15) is 10.0 Å². The third-order valence-corrected chi connectivity index (χ3v) is 8.95. The van der Waals surface area contributed by atoms with Gasteiger partial charge < -0.3 is 10.1 Å². The molecule has 0 spiro atoms. The zero-order valence-corrected chi connectivity index (χ0v) is 22.4. The molecule has 176 valence electrons. The van der Waals surface area contributed by atoms with Gasteiger partial charge in [-0.15, -0.1) is 0 Å². The highest BCUT2D eigenvalue weighted by Gasteiger charge is 2.35. The molecule has 1 atom stereocenters. The van der Waals surface area contributed by atoms with Gasteiger partial charge in [0.1, 0.15) is 0 Å². The largest absolute Gasteiger partial charge is 0.619 e. The van der Waals surface area contributed by atoms with Crippen LogP contribution in [0.3, 0.4) is 0 Å². The smallest absolute Gasteiger partial charge is 0.226 e. The van der Waals surface area contributed by atoms with Crippen molar-refractivity contribution in [2.45, 2.75) is 38.0 Å². The molecule has 2 aromatic heterocycles. The average molecular weight is 606 g/mol. The van der Waals surface area contributed by atoms with Gasteiger partial charge in [0.15, 0.2) is 12.4 Å². The molecule has 1 unspecified atom stereocenters. The van der Waals surface area contributed by atoms with Gasteiger partial charge in [-0.25, -0.2) is 0 Å². The van der Waals surface area contributed by atoms with E-state index in [1.807, 2.05) is 17.2 Å². The second-order valence-electron chi connectivity index (χ2n) is 9.07. The van der Waals surface area contributed by atoms with Crippen molar-refractivity contribution in [1.29, 1.82) is 0 Å². The van der Waals surface area contributed by atoms with Gasteiger partial charge >= 0.3 is 0 Å². The molecule has 34 heavy (non-hydrogen) atoms. The second kappa shape index (κ2) is 9.96. The van der Waals surface area contributed by atoms with E-state index in [2.05, 4.69) is 44.0 Å². The minimum atomic E-state index is 0.111. The molecule has 3 aromatic rings. The zero-order chi connectivity index (χ0) is 23.8. The predicted molar refractivity (Wildman–Crippen MR) is 139 cm³/mol. The van der Waals surface area contributed by atoms with E-state index in [-0.39, 0.29) is 11.8 Å². The predicted octanol–water partition coefficient (Wildman–Crippen LogP) is 5.61. The maximum Gasteiger partial charge on any atom is 0.226 e. The van der Waals surface area contributed by atoms with Gasteiger partial charge in [-0.2, -0.15) is 4.73 Å². The van der Waals surface area contributed by atoms with Crippen LogP contribution in [-0.2, 0) is 24.1 Å². The number of nitrogens with zero attached hydrogens (tertiary/aromatic N) is 3. The Morgan fingerprint density at radius 2 is 1.88 bits per heavy atom. The van der Waals surface area contributed by atoms with Crippen molar-refractivity contribution in [3.05, 3.63) is 96.0 Å². The number of fused-ring (bicyclic) bond motifs is 2. The summed E-state index contributed by atoms with van der Waals surface area (Å²) >= 11 is 13.8. The van der Waals surface area contributed by atoms with Crippen molar-refractivity contribution >= 4 is 49.4 Å². The minimum absolute atomic E-state index is 0.111. The molecule has 1 aliphatic carbocycles. The number of carbonyl (C=O) groups excluding carboxylic acids is 1. The van der Waals surface area contributed by atoms with Crippen LogP contribution in [0, 0.1) is 11.1 Å². The minimum Gasteiger partial charge on any atom is -0.619 e. The van der Waals surface area contributed by atoms with E-state index in [1.54, 1.807) is 12.1 Å². The Hall–Kier alpha value is -1.96. The SMILES string of the molecule is O=C(Cc1cc[n+]([O-])cc1)N1CCC(C2c3ccc(Cl)c(Br)c3CCc3cc(Br)cnc32)CC1. The number of halogens is 3. The molecule has 3 heterocycles. The fourth-order valence-corrected chi connectivity index (χ4v) is 6.45. The fraction of sp³-hybridized carbons (Fsp3) is 0.346. The fourth-order valence-electron chi connectivity index (χ4n) is 5.34. The summed E-state index contributed by atoms with van der Waals surface area (Å²) in [6.07, 6.45) is 8.76. The molecule has 1 fully saturated rings. The highest BCUT2D eigenvalue weighted by atomic mass is 79.9. The second-order valence-corrected chi connectivity index (χ2v) is 11.2. The number of likely N-dealkylation sites (tertiary alicyclic amines) is 1. The van der Waals surface area contributed by atoms with E-state index < -0.39 is 0 Å². The lowest BCUT2D eigenvalue weighted by atomic mass is 9.76. The first-order valence-electron chi connectivity index (χ1n) is 11.5. The summed E-state index contributed by atoms with van der Waals surface area (Å²) in [5.41, 5.74) is 5.85. The Morgan fingerprint density at radius 3 is 2.62 bits per heavy atom. The highest BCUT2D eigenvalue weighted by molar-refractivity contribution is 9.10. The van der Waals surface area contributed by atoms with Gasteiger partial charge in [0.2, 0.25) is 5.91 Å². The summed E-state index contributed by atoms with van der Waals surface area (Å²) in [4.78, 5) is 19.8. The van der Waals surface area contributed by atoms with E-state index in [4.69, 9.17) is 16.6 Å². The molecule has 0 saturated carbocycles.